The molecule has 0 bridgehead atoms. The first-order valence-electron chi connectivity index (χ1n) is 12.2. The number of anilines is 1. The molecule has 1 unspecified atom stereocenters. The number of thioether (sulfide) groups is 1. The molecule has 5 heterocycles. The van der Waals surface area contributed by atoms with Crippen molar-refractivity contribution in [3.8, 4) is 0 Å². The third kappa shape index (κ3) is 5.71. The minimum atomic E-state index is -1.57. The largest absolute Gasteiger partial charge is 0.543 e. The number of carboxylic acids is 2. The molecule has 3 amide bonds. The molecule has 0 spiro atoms. The summed E-state index contributed by atoms with van der Waals surface area (Å²) in [6, 6.07) is 2.10. The van der Waals surface area contributed by atoms with Crippen LogP contribution >= 0.6 is 34.7 Å². The molecule has 43 heavy (non-hydrogen) atoms. The average Bonchev–Trinajstić information content (AvgIpc) is 3.53. The van der Waals surface area contributed by atoms with Gasteiger partial charge in [-0.15, -0.1) is 11.8 Å². The molecule has 0 aromatic carbocycles. The molecule has 0 saturated carbocycles. The monoisotopic (exact) mass is 648 g/mol. The highest BCUT2D eigenvalue weighted by Crippen LogP contribution is 2.40. The van der Waals surface area contributed by atoms with Gasteiger partial charge in [0.1, 0.15) is 27.1 Å². The number of aliphatic carboxylic acids is 2. The van der Waals surface area contributed by atoms with E-state index in [1.54, 1.807) is 29.1 Å². The van der Waals surface area contributed by atoms with Gasteiger partial charge in [0.2, 0.25) is 6.10 Å². The van der Waals surface area contributed by atoms with E-state index in [2.05, 4.69) is 20.4 Å². The van der Waals surface area contributed by atoms with Gasteiger partial charge in [-0.1, -0.05) is 28.1 Å². The van der Waals surface area contributed by atoms with Gasteiger partial charge < -0.3 is 41.6 Å². The van der Waals surface area contributed by atoms with Gasteiger partial charge in [-0.25, -0.2) is 14.3 Å². The van der Waals surface area contributed by atoms with E-state index in [0.717, 1.165) is 16.2 Å². The average molecular weight is 649 g/mol. The summed E-state index contributed by atoms with van der Waals surface area (Å²) < 4.78 is 1.66. The second-order valence-corrected chi connectivity index (χ2v) is 12.1. The number of carbonyl (C=O) groups excluding carboxylic acids is 4. The maximum absolute atomic E-state index is 13.2. The number of pyridine rings is 1. The molecule has 224 valence electrons. The Kier molecular flexibility index (Phi) is 8.00. The smallest absolute Gasteiger partial charge is 0.347 e. The molecule has 3 aromatic rings. The summed E-state index contributed by atoms with van der Waals surface area (Å²) >= 11 is 8.18. The zero-order valence-electron chi connectivity index (χ0n) is 21.9. The minimum absolute atomic E-state index is 0.00128. The van der Waals surface area contributed by atoms with E-state index in [-0.39, 0.29) is 38.9 Å². The Hall–Kier alpha value is -4.68. The number of hydrogen-bond donors (Lipinski definition) is 5. The van der Waals surface area contributed by atoms with Crippen molar-refractivity contribution >= 4 is 86.1 Å². The molecule has 0 aliphatic carbocycles. The lowest BCUT2D eigenvalue weighted by Crippen LogP contribution is -2.71. The predicted octanol–water partition coefficient (Wildman–Crippen LogP) is -1.46. The van der Waals surface area contributed by atoms with Crippen LogP contribution < -0.4 is 26.5 Å². The van der Waals surface area contributed by atoms with E-state index in [4.69, 9.17) is 33.0 Å². The number of fused-ring (bicyclic) bond motifs is 2. The fourth-order valence-electron chi connectivity index (χ4n) is 4.41. The molecule has 3 atom stereocenters. The number of H-pyrrole nitrogens is 1. The van der Waals surface area contributed by atoms with Crippen LogP contribution in [0.1, 0.15) is 23.1 Å². The van der Waals surface area contributed by atoms with Crippen LogP contribution in [0.4, 0.5) is 5.13 Å². The topological polar surface area (TPSA) is 250 Å². The molecule has 1 fully saturated rings. The molecule has 19 heteroatoms. The van der Waals surface area contributed by atoms with E-state index < -0.39 is 52.9 Å². The molecule has 3 aromatic heterocycles. The second-order valence-electron chi connectivity index (χ2n) is 9.33. The highest BCUT2D eigenvalue weighted by Gasteiger charge is 2.53. The first-order valence-corrected chi connectivity index (χ1v) is 14.5. The highest BCUT2D eigenvalue weighted by atomic mass is 35.5. The van der Waals surface area contributed by atoms with Gasteiger partial charge in [0, 0.05) is 17.4 Å². The fourth-order valence-corrected chi connectivity index (χ4v) is 6.67. The van der Waals surface area contributed by atoms with Crippen molar-refractivity contribution in [1.29, 1.82) is 0 Å². The molecule has 1 saturated heterocycles. The number of nitrogens with one attached hydrogen (secondary N) is 2. The number of carbonyl (C=O) groups is 5. The zero-order valence-corrected chi connectivity index (χ0v) is 24.3. The molecular formula is C24H21ClN8O8S2. The quantitative estimate of drug-likeness (QED) is 0.0735. The maximum Gasteiger partial charge on any atom is 0.347 e. The van der Waals surface area contributed by atoms with E-state index >= 15 is 0 Å². The van der Waals surface area contributed by atoms with Crippen LogP contribution in [0.15, 0.2) is 41.0 Å². The van der Waals surface area contributed by atoms with Crippen molar-refractivity contribution in [2.75, 3.05) is 11.5 Å². The molecule has 2 aliphatic heterocycles. The van der Waals surface area contributed by atoms with Gasteiger partial charge in [-0.05, 0) is 13.0 Å². The van der Waals surface area contributed by atoms with Gasteiger partial charge in [-0.2, -0.15) is 0 Å². The zero-order chi connectivity index (χ0) is 31.2. The first kappa shape index (κ1) is 29.8. The summed E-state index contributed by atoms with van der Waals surface area (Å²) in [7, 11) is 0. The number of aromatic nitrogens is 3. The fraction of sp³-hybridized carbons (Fsp3) is 0.250. The number of halogens is 1. The van der Waals surface area contributed by atoms with Crippen molar-refractivity contribution in [2.45, 2.75) is 31.0 Å². The van der Waals surface area contributed by atoms with Crippen LogP contribution in [0, 0.1) is 0 Å². The Morgan fingerprint density at radius 1 is 1.42 bits per heavy atom. The molecule has 16 nitrogen and oxygen atoms in total. The number of carboxylic acid groups (broad SMARTS) is 2. The highest BCUT2D eigenvalue weighted by molar-refractivity contribution is 8.00. The number of rotatable bonds is 10. The summed E-state index contributed by atoms with van der Waals surface area (Å²) in [5.41, 5.74) is 11.2. The second kappa shape index (κ2) is 11.5. The molecule has 2 aliphatic rings. The Labute approximate surface area is 254 Å². The van der Waals surface area contributed by atoms with Crippen molar-refractivity contribution in [3.63, 3.8) is 0 Å². The summed E-state index contributed by atoms with van der Waals surface area (Å²) in [6.07, 6.45) is 1.94. The number of nitrogen functional groups attached to an aromatic ring is 1. The van der Waals surface area contributed by atoms with Crippen LogP contribution in [-0.4, -0.2) is 78.6 Å². The van der Waals surface area contributed by atoms with Crippen molar-refractivity contribution in [2.24, 2.45) is 10.9 Å². The van der Waals surface area contributed by atoms with E-state index in [9.17, 15) is 29.1 Å². The third-order valence-corrected chi connectivity index (χ3v) is 8.90. The summed E-state index contributed by atoms with van der Waals surface area (Å²) in [6.45, 7) is 1.28. The Morgan fingerprint density at radius 3 is 2.79 bits per heavy atom. The number of amides is 3. The molecule has 7 N–H and O–H groups in total. The van der Waals surface area contributed by atoms with Gasteiger partial charge in [0.05, 0.1) is 22.6 Å². The maximum atomic E-state index is 13.2. The van der Waals surface area contributed by atoms with Crippen molar-refractivity contribution in [1.82, 2.24) is 20.2 Å². The minimum Gasteiger partial charge on any atom is -0.543 e. The number of nitrogens with zero attached hydrogens (tertiary/aromatic N) is 4. The molecule has 0 radical (unpaired) electrons. The van der Waals surface area contributed by atoms with E-state index in [0.29, 0.717) is 16.5 Å². The summed E-state index contributed by atoms with van der Waals surface area (Å²) in [5.74, 6) is -5.06. The van der Waals surface area contributed by atoms with E-state index in [1.807, 2.05) is 0 Å². The number of primary amides is 1. The SMILES string of the molecule is C[C@H](O/N=C(\C(=O)N[C@@H]1C(=O)N2C(C(=O)[O-])=C(C[n+]3ccc4[nH]c(C(N)=O)cc4c3)CSC12)c1nc(N)sc1Cl)C(=O)O. The van der Waals surface area contributed by atoms with Gasteiger partial charge in [0.15, 0.2) is 29.8 Å². The summed E-state index contributed by atoms with van der Waals surface area (Å²) in [4.78, 5) is 74.0. The number of hydrogen-bond acceptors (Lipinski definition) is 12. The number of aromatic amines is 1. The Bertz CT molecular complexity index is 1770. The number of β-lactam (4-membered cyclic amide) rings is 1. The van der Waals surface area contributed by atoms with Crippen LogP contribution in [0.3, 0.4) is 0 Å². The van der Waals surface area contributed by atoms with Gasteiger partial charge in [0.25, 0.3) is 17.7 Å². The molecular weight excluding hydrogens is 628 g/mol. The Morgan fingerprint density at radius 2 is 2.16 bits per heavy atom. The van der Waals surface area contributed by atoms with Crippen LogP contribution in [0.2, 0.25) is 4.34 Å². The lowest BCUT2D eigenvalue weighted by Gasteiger charge is -2.50. The number of nitrogens with two attached hydrogens (primary N) is 2. The predicted molar refractivity (Wildman–Crippen MR) is 150 cm³/mol. The lowest BCUT2D eigenvalue weighted by atomic mass is 10.0. The van der Waals surface area contributed by atoms with Gasteiger partial charge in [-0.3, -0.25) is 19.3 Å². The normalized spacial score (nSPS) is 19.1. The lowest BCUT2D eigenvalue weighted by molar-refractivity contribution is -0.687. The molecule has 5 rings (SSSR count). The van der Waals surface area contributed by atoms with Crippen LogP contribution in [0.25, 0.3) is 10.9 Å². The number of thiazole rings is 1. The van der Waals surface area contributed by atoms with Crippen LogP contribution in [0.5, 0.6) is 0 Å². The van der Waals surface area contributed by atoms with Crippen LogP contribution in [-0.2, 0) is 30.6 Å². The first-order chi connectivity index (χ1) is 20.3. The standard InChI is InChI=1S/C24H21ClN8O8S2/c1-8(22(37)38)41-31-14(13-17(25)43-24(27)30-13)19(35)29-15-20(36)33-16(23(39)40)10(7-42-21(15)33)6-32-3-2-11-9(5-32)4-12(28-11)18(26)34/h2-5,8,15,21H,6-7H2,1H3,(H7,26,27,29,30,34,35,37,38,39,40)/b31-14-/t8-,15+,21?/m0/s1. The van der Waals surface area contributed by atoms with Gasteiger partial charge >= 0.3 is 5.97 Å². The van der Waals surface area contributed by atoms with Crippen molar-refractivity contribution < 1.29 is 43.6 Å². The summed E-state index contributed by atoms with van der Waals surface area (Å²) in [5, 5.41) is 27.3. The van der Waals surface area contributed by atoms with E-state index in [1.165, 1.54) is 18.7 Å². The van der Waals surface area contributed by atoms with Crippen molar-refractivity contribution in [3.05, 3.63) is 51.5 Å². The Balaban J connectivity index is 1.37. The number of oxime groups is 1. The third-order valence-electron chi connectivity index (χ3n) is 6.48.